The second-order valence-electron chi connectivity index (χ2n) is 1.45. The summed E-state index contributed by atoms with van der Waals surface area (Å²) in [6.45, 7) is 2.07. The van der Waals surface area contributed by atoms with Crippen LogP contribution in [0.2, 0.25) is 0 Å². The molecule has 0 aliphatic heterocycles. The molecule has 0 amide bonds. The van der Waals surface area contributed by atoms with Gasteiger partial charge in [-0.05, 0) is 5.75 Å². The second-order valence-corrected chi connectivity index (χ2v) is 3.94. The second kappa shape index (κ2) is 3.75. The van der Waals surface area contributed by atoms with E-state index in [0.29, 0.717) is 5.13 Å². The molecule has 0 unspecified atom stereocenters. The number of nitrogens with zero attached hydrogens (tertiary/aromatic N) is 2. The van der Waals surface area contributed by atoms with Gasteiger partial charge in [0.05, 0.1) is 0 Å². The fourth-order valence-electron chi connectivity index (χ4n) is 0.450. The van der Waals surface area contributed by atoms with Gasteiger partial charge >= 0.3 is 0 Å². The lowest BCUT2D eigenvalue weighted by Crippen LogP contribution is -2.05. The molecule has 6 heteroatoms. The van der Waals surface area contributed by atoms with Crippen molar-refractivity contribution in [2.45, 2.75) is 11.3 Å². The number of aromatic nitrogens is 2. The maximum atomic E-state index is 5.11. The van der Waals surface area contributed by atoms with Gasteiger partial charge in [0.1, 0.15) is 0 Å². The molecule has 0 aliphatic rings. The van der Waals surface area contributed by atoms with Crippen molar-refractivity contribution in [1.29, 1.82) is 0 Å². The van der Waals surface area contributed by atoms with Gasteiger partial charge in [-0.3, -0.25) is 5.43 Å². The van der Waals surface area contributed by atoms with Crippen LogP contribution >= 0.6 is 23.1 Å². The van der Waals surface area contributed by atoms with E-state index in [1.54, 1.807) is 11.8 Å². The molecule has 0 atom stereocenters. The van der Waals surface area contributed by atoms with E-state index < -0.39 is 0 Å². The summed E-state index contributed by atoms with van der Waals surface area (Å²) >= 11 is 3.12. The summed E-state index contributed by atoms with van der Waals surface area (Å²) in [7, 11) is 0. The summed E-state index contributed by atoms with van der Waals surface area (Å²) in [5, 5.41) is 8.29. The van der Waals surface area contributed by atoms with Crippen molar-refractivity contribution in [3.8, 4) is 0 Å². The fourth-order valence-corrected chi connectivity index (χ4v) is 2.01. The van der Waals surface area contributed by atoms with Gasteiger partial charge in [-0.1, -0.05) is 30.0 Å². The molecular weight excluding hydrogens is 168 g/mol. The number of thioether (sulfide) groups is 1. The quantitative estimate of drug-likeness (QED) is 0.407. The van der Waals surface area contributed by atoms with Crippen LogP contribution in [0.4, 0.5) is 5.13 Å². The van der Waals surface area contributed by atoms with E-state index >= 15 is 0 Å². The Bertz CT molecular complexity index is 199. The fraction of sp³-hybridized carbons (Fsp3) is 0.500. The molecule has 1 heterocycles. The summed E-state index contributed by atoms with van der Waals surface area (Å²) in [5.41, 5.74) is 2.44. The Kier molecular flexibility index (Phi) is 2.91. The highest BCUT2D eigenvalue weighted by Crippen LogP contribution is 2.23. The van der Waals surface area contributed by atoms with Crippen LogP contribution in [-0.2, 0) is 0 Å². The van der Waals surface area contributed by atoms with Gasteiger partial charge in [0.25, 0.3) is 0 Å². The lowest BCUT2D eigenvalue weighted by molar-refractivity contribution is 1.01. The van der Waals surface area contributed by atoms with Crippen molar-refractivity contribution in [2.24, 2.45) is 5.84 Å². The maximum Gasteiger partial charge on any atom is 0.220 e. The molecule has 0 fully saturated rings. The average molecular weight is 176 g/mol. The van der Waals surface area contributed by atoms with E-state index in [9.17, 15) is 0 Å². The van der Waals surface area contributed by atoms with Crippen molar-refractivity contribution in [2.75, 3.05) is 11.2 Å². The zero-order chi connectivity index (χ0) is 7.40. The Labute approximate surface area is 67.2 Å². The Morgan fingerprint density at radius 2 is 2.50 bits per heavy atom. The van der Waals surface area contributed by atoms with Crippen LogP contribution in [0.1, 0.15) is 6.92 Å². The third-order valence-electron chi connectivity index (χ3n) is 0.798. The summed E-state index contributed by atoms with van der Waals surface area (Å²) in [4.78, 5) is 0. The molecule has 1 aromatic rings. The van der Waals surface area contributed by atoms with Gasteiger partial charge in [0, 0.05) is 0 Å². The van der Waals surface area contributed by atoms with Gasteiger partial charge in [0.2, 0.25) is 5.13 Å². The van der Waals surface area contributed by atoms with E-state index in [4.69, 9.17) is 5.84 Å². The molecule has 0 saturated heterocycles. The molecule has 0 bridgehead atoms. The predicted octanol–water partition coefficient (Wildman–Crippen LogP) is 0.936. The van der Waals surface area contributed by atoms with E-state index in [0.717, 1.165) is 10.1 Å². The number of hydrogen-bond donors (Lipinski definition) is 2. The topological polar surface area (TPSA) is 63.8 Å². The highest BCUT2D eigenvalue weighted by molar-refractivity contribution is 8.01. The molecule has 0 saturated carbocycles. The molecule has 1 rings (SSSR count). The predicted molar refractivity (Wildman–Crippen MR) is 44.1 cm³/mol. The molecule has 4 nitrogen and oxygen atoms in total. The van der Waals surface area contributed by atoms with Gasteiger partial charge < -0.3 is 0 Å². The van der Waals surface area contributed by atoms with Gasteiger partial charge in [-0.15, -0.1) is 10.2 Å². The third-order valence-corrected chi connectivity index (χ3v) is 2.67. The molecule has 56 valence electrons. The maximum absolute atomic E-state index is 5.11. The van der Waals surface area contributed by atoms with Crippen LogP contribution in [0.5, 0.6) is 0 Å². The van der Waals surface area contributed by atoms with E-state index in [1.807, 2.05) is 0 Å². The van der Waals surface area contributed by atoms with Crippen LogP contribution in [0.15, 0.2) is 4.34 Å². The molecule has 10 heavy (non-hydrogen) atoms. The number of anilines is 1. The molecule has 0 aliphatic carbocycles. The molecule has 3 N–H and O–H groups in total. The van der Waals surface area contributed by atoms with Gasteiger partial charge in [-0.2, -0.15) is 0 Å². The SMILES string of the molecule is CCSc1nnc(NN)s1. The average Bonchev–Trinajstić information content (AvgIpc) is 2.37. The van der Waals surface area contributed by atoms with E-state index in [-0.39, 0.29) is 0 Å². The number of hydrogen-bond acceptors (Lipinski definition) is 6. The van der Waals surface area contributed by atoms with Crippen molar-refractivity contribution < 1.29 is 0 Å². The first-order valence-electron chi connectivity index (χ1n) is 2.79. The monoisotopic (exact) mass is 176 g/mol. The number of nitrogens with two attached hydrogens (primary N) is 1. The Morgan fingerprint density at radius 1 is 1.70 bits per heavy atom. The van der Waals surface area contributed by atoms with Crippen LogP contribution in [0.25, 0.3) is 0 Å². The van der Waals surface area contributed by atoms with Crippen LogP contribution in [0, 0.1) is 0 Å². The molecular formula is C4H8N4S2. The smallest absolute Gasteiger partial charge is 0.220 e. The largest absolute Gasteiger partial charge is 0.298 e. The zero-order valence-corrected chi connectivity index (χ0v) is 7.13. The lowest BCUT2D eigenvalue weighted by Gasteiger charge is -1.85. The lowest BCUT2D eigenvalue weighted by atomic mass is 11.0. The third kappa shape index (κ3) is 1.83. The number of nitrogens with one attached hydrogen (secondary N) is 1. The van der Waals surface area contributed by atoms with E-state index in [1.165, 1.54) is 11.3 Å². The zero-order valence-electron chi connectivity index (χ0n) is 5.50. The first kappa shape index (κ1) is 7.77. The standard InChI is InChI=1S/C4H8N4S2/c1-2-9-4-8-7-3(6-5)10-4/h2,5H2,1H3,(H,6,7). The van der Waals surface area contributed by atoms with Crippen molar-refractivity contribution in [1.82, 2.24) is 10.2 Å². The normalized spacial score (nSPS) is 9.80. The minimum Gasteiger partial charge on any atom is -0.298 e. The first-order chi connectivity index (χ1) is 4.86. The molecule has 1 aromatic heterocycles. The Hall–Kier alpha value is -0.330. The minimum absolute atomic E-state index is 0.663. The molecule has 0 radical (unpaired) electrons. The van der Waals surface area contributed by atoms with Crippen molar-refractivity contribution >= 4 is 28.2 Å². The van der Waals surface area contributed by atoms with Crippen molar-refractivity contribution in [3.05, 3.63) is 0 Å². The van der Waals surface area contributed by atoms with Crippen LogP contribution in [-0.4, -0.2) is 16.0 Å². The highest BCUT2D eigenvalue weighted by atomic mass is 32.2. The van der Waals surface area contributed by atoms with Gasteiger partial charge in [0.15, 0.2) is 4.34 Å². The Morgan fingerprint density at radius 3 is 3.00 bits per heavy atom. The van der Waals surface area contributed by atoms with Crippen molar-refractivity contribution in [3.63, 3.8) is 0 Å². The Balaban J connectivity index is 2.59. The summed E-state index contributed by atoms with van der Waals surface area (Å²) in [6, 6.07) is 0. The minimum atomic E-state index is 0.663. The molecule has 0 aromatic carbocycles. The summed E-state index contributed by atoms with van der Waals surface area (Å²) in [5.74, 6) is 6.12. The van der Waals surface area contributed by atoms with Gasteiger partial charge in [-0.25, -0.2) is 5.84 Å². The highest BCUT2D eigenvalue weighted by Gasteiger charge is 1.99. The van der Waals surface area contributed by atoms with E-state index in [2.05, 4.69) is 22.5 Å². The summed E-state index contributed by atoms with van der Waals surface area (Å²) < 4.78 is 0.954. The number of hydrazine groups is 1. The first-order valence-corrected chi connectivity index (χ1v) is 4.60. The summed E-state index contributed by atoms with van der Waals surface area (Å²) in [6.07, 6.45) is 0. The van der Waals surface area contributed by atoms with Crippen LogP contribution in [0.3, 0.4) is 0 Å². The van der Waals surface area contributed by atoms with Crippen LogP contribution < -0.4 is 11.3 Å². The number of nitrogen functional groups attached to an aromatic ring is 1. The number of rotatable bonds is 3. The molecule has 0 spiro atoms.